The molecule has 0 radical (unpaired) electrons. The number of carbonyl (C=O) groups excluding carboxylic acids is 1. The first kappa shape index (κ1) is 26.3. The van der Waals surface area contributed by atoms with E-state index in [4.69, 9.17) is 10.5 Å². The number of nitrogens with two attached hydrogens (primary N) is 1. The van der Waals surface area contributed by atoms with Gasteiger partial charge in [0.05, 0.1) is 12.3 Å². The number of terminal acetylenes is 1. The van der Waals surface area contributed by atoms with Crippen LogP contribution in [0, 0.1) is 18.2 Å². The van der Waals surface area contributed by atoms with E-state index in [1.54, 1.807) is 39.0 Å². The number of halogens is 1. The van der Waals surface area contributed by atoms with Crippen LogP contribution in [0.3, 0.4) is 0 Å². The molecule has 4 N–H and O–H groups in total. The largest absolute Gasteiger partial charge is 0.450 e. The molecule has 0 aliphatic heterocycles. The highest BCUT2D eigenvalue weighted by Gasteiger charge is 2.03. The Balaban J connectivity index is 0. The average Bonchev–Trinajstić information content (AvgIpc) is 2.63. The number of carbonyl (C=O) groups is 1. The van der Waals surface area contributed by atoms with Crippen molar-refractivity contribution in [3.63, 3.8) is 0 Å². The first-order valence-electron chi connectivity index (χ1n) is 8.78. The Morgan fingerprint density at radius 2 is 1.81 bits per heavy atom. The summed E-state index contributed by atoms with van der Waals surface area (Å²) in [6, 6.07) is 6.25. The fourth-order valence-corrected chi connectivity index (χ4v) is 1.63. The molecule has 0 unspecified atom stereocenters. The van der Waals surface area contributed by atoms with Crippen LogP contribution in [0.25, 0.3) is 0 Å². The molecule has 5 nitrogen and oxygen atoms in total. The van der Waals surface area contributed by atoms with Crippen molar-refractivity contribution in [2.75, 3.05) is 6.61 Å². The van der Waals surface area contributed by atoms with Gasteiger partial charge in [0.1, 0.15) is 5.82 Å². The number of benzene rings is 1. The van der Waals surface area contributed by atoms with Gasteiger partial charge in [0.15, 0.2) is 0 Å². The predicted octanol–water partition coefficient (Wildman–Crippen LogP) is 4.42. The van der Waals surface area contributed by atoms with Crippen LogP contribution < -0.4 is 16.4 Å². The van der Waals surface area contributed by atoms with E-state index in [0.717, 1.165) is 11.3 Å². The summed E-state index contributed by atoms with van der Waals surface area (Å²) in [4.78, 5) is 11.3. The van der Waals surface area contributed by atoms with Crippen molar-refractivity contribution in [1.29, 1.82) is 0 Å². The standard InChI is InChI=1S/C16H22FN3O2.C3H4.C2H6/c1-4-22-16(21)20-12(3)15(18)9-11(2)19-10-13-5-7-14(17)8-6-13;1-3-2;1-2/h5-9,19H,4,10,18H2,1-3H3,(H,20,21);1H,2H3;1-2H3/b11-9+,15-12-;;. The number of hydrogen-bond acceptors (Lipinski definition) is 4. The number of alkyl carbamates (subject to hydrolysis) is 1. The summed E-state index contributed by atoms with van der Waals surface area (Å²) in [7, 11) is 0. The van der Waals surface area contributed by atoms with Gasteiger partial charge >= 0.3 is 6.09 Å². The quantitative estimate of drug-likeness (QED) is 0.507. The average molecular weight is 378 g/mol. The van der Waals surface area contributed by atoms with E-state index in [1.165, 1.54) is 12.1 Å². The molecular weight excluding hydrogens is 345 g/mol. The van der Waals surface area contributed by atoms with Crippen LogP contribution in [0.5, 0.6) is 0 Å². The monoisotopic (exact) mass is 377 g/mol. The normalized spacial score (nSPS) is 10.7. The topological polar surface area (TPSA) is 76.4 Å². The Bertz CT molecular complexity index is 644. The second kappa shape index (κ2) is 16.5. The van der Waals surface area contributed by atoms with Crippen molar-refractivity contribution in [2.24, 2.45) is 5.73 Å². The van der Waals surface area contributed by atoms with Crippen LogP contribution in [0.2, 0.25) is 0 Å². The van der Waals surface area contributed by atoms with E-state index < -0.39 is 6.09 Å². The molecule has 0 atom stereocenters. The number of amides is 1. The summed E-state index contributed by atoms with van der Waals surface area (Å²) in [5.74, 6) is 1.99. The smallest absolute Gasteiger partial charge is 0.411 e. The summed E-state index contributed by atoms with van der Waals surface area (Å²) in [6.07, 6.45) is 5.78. The molecule has 150 valence electrons. The van der Waals surface area contributed by atoms with E-state index in [0.29, 0.717) is 24.5 Å². The summed E-state index contributed by atoms with van der Waals surface area (Å²) in [5, 5.41) is 5.71. The van der Waals surface area contributed by atoms with E-state index in [2.05, 4.69) is 23.0 Å². The van der Waals surface area contributed by atoms with Gasteiger partial charge in [-0.1, -0.05) is 26.0 Å². The van der Waals surface area contributed by atoms with Crippen molar-refractivity contribution in [1.82, 2.24) is 10.6 Å². The fourth-order valence-electron chi connectivity index (χ4n) is 1.63. The van der Waals surface area contributed by atoms with Gasteiger partial charge in [0, 0.05) is 17.9 Å². The van der Waals surface area contributed by atoms with Crippen LogP contribution in [0.1, 0.15) is 47.1 Å². The number of nitrogens with one attached hydrogen (secondary N) is 2. The molecule has 0 aliphatic rings. The van der Waals surface area contributed by atoms with E-state index in [9.17, 15) is 9.18 Å². The number of hydrogen-bond donors (Lipinski definition) is 3. The third-order valence-electron chi connectivity index (χ3n) is 2.85. The number of rotatable bonds is 6. The lowest BCUT2D eigenvalue weighted by atomic mass is 10.2. The van der Waals surface area contributed by atoms with Gasteiger partial charge in [-0.05, 0) is 51.5 Å². The first-order valence-corrected chi connectivity index (χ1v) is 8.78. The predicted molar refractivity (Wildman–Crippen MR) is 110 cm³/mol. The Morgan fingerprint density at radius 3 is 2.30 bits per heavy atom. The van der Waals surface area contributed by atoms with Crippen molar-refractivity contribution in [2.45, 2.75) is 48.1 Å². The van der Waals surface area contributed by atoms with Crippen LogP contribution in [0.15, 0.2) is 47.4 Å². The zero-order valence-electron chi connectivity index (χ0n) is 17.2. The maximum Gasteiger partial charge on any atom is 0.411 e. The fraction of sp³-hybridized carbons (Fsp3) is 0.381. The number of ether oxygens (including phenoxy) is 1. The molecule has 1 aromatic carbocycles. The van der Waals surface area contributed by atoms with Crippen molar-refractivity contribution < 1.29 is 13.9 Å². The highest BCUT2D eigenvalue weighted by atomic mass is 19.1. The minimum Gasteiger partial charge on any atom is -0.450 e. The van der Waals surface area contributed by atoms with E-state index >= 15 is 0 Å². The molecule has 0 aliphatic carbocycles. The summed E-state index contributed by atoms with van der Waals surface area (Å²) < 4.78 is 17.6. The highest BCUT2D eigenvalue weighted by Crippen LogP contribution is 2.04. The second-order valence-electron chi connectivity index (χ2n) is 5.02. The van der Waals surface area contributed by atoms with Gasteiger partial charge in [-0.2, -0.15) is 0 Å². The van der Waals surface area contributed by atoms with Gasteiger partial charge in [-0.15, -0.1) is 12.3 Å². The minimum absolute atomic E-state index is 0.260. The Labute approximate surface area is 162 Å². The summed E-state index contributed by atoms with van der Waals surface area (Å²) in [5.41, 5.74) is 8.62. The maximum atomic E-state index is 12.8. The summed E-state index contributed by atoms with van der Waals surface area (Å²) >= 11 is 0. The van der Waals surface area contributed by atoms with E-state index in [-0.39, 0.29) is 5.82 Å². The molecule has 0 spiro atoms. The van der Waals surface area contributed by atoms with Crippen LogP contribution in [-0.4, -0.2) is 12.7 Å². The molecule has 0 saturated heterocycles. The van der Waals surface area contributed by atoms with E-state index in [1.807, 2.05) is 20.8 Å². The van der Waals surface area contributed by atoms with Crippen molar-refractivity contribution in [3.8, 4) is 12.3 Å². The molecule has 0 saturated carbocycles. The Kier molecular flexibility index (Phi) is 16.1. The zero-order chi connectivity index (χ0) is 21.2. The zero-order valence-corrected chi connectivity index (χ0v) is 17.2. The molecule has 27 heavy (non-hydrogen) atoms. The minimum atomic E-state index is -0.534. The maximum absolute atomic E-state index is 12.8. The lowest BCUT2D eigenvalue weighted by molar-refractivity contribution is 0.155. The molecule has 0 fully saturated rings. The van der Waals surface area contributed by atoms with Crippen molar-refractivity contribution >= 4 is 6.09 Å². The third-order valence-corrected chi connectivity index (χ3v) is 2.85. The Hall–Kier alpha value is -2.94. The van der Waals surface area contributed by atoms with Gasteiger partial charge in [0.25, 0.3) is 0 Å². The lowest BCUT2D eigenvalue weighted by Gasteiger charge is -2.10. The Morgan fingerprint density at radius 1 is 1.30 bits per heavy atom. The summed E-state index contributed by atoms with van der Waals surface area (Å²) in [6.45, 7) is 11.8. The molecule has 6 heteroatoms. The first-order chi connectivity index (χ1) is 12.8. The van der Waals surface area contributed by atoms with Crippen LogP contribution in [0.4, 0.5) is 9.18 Å². The lowest BCUT2D eigenvalue weighted by Crippen LogP contribution is -2.25. The molecule has 1 rings (SSSR count). The SMILES string of the molecule is C#CC.CC.CCOC(=O)N/C(C)=C(N)/C=C(\C)NCc1ccc(F)cc1. The van der Waals surface area contributed by atoms with Gasteiger partial charge in [-0.3, -0.25) is 5.32 Å². The van der Waals surface area contributed by atoms with Crippen molar-refractivity contribution in [3.05, 3.63) is 58.8 Å². The molecule has 1 amide bonds. The molecular formula is C21H32FN3O2. The molecule has 0 aromatic heterocycles. The van der Waals surface area contributed by atoms with Crippen LogP contribution in [-0.2, 0) is 11.3 Å². The molecule has 0 bridgehead atoms. The third kappa shape index (κ3) is 14.0. The highest BCUT2D eigenvalue weighted by molar-refractivity contribution is 5.69. The number of allylic oxidation sites excluding steroid dienone is 3. The van der Waals surface area contributed by atoms with Gasteiger partial charge in [0.2, 0.25) is 0 Å². The van der Waals surface area contributed by atoms with Crippen LogP contribution >= 0.6 is 0 Å². The second-order valence-corrected chi connectivity index (χ2v) is 5.02. The molecule has 0 heterocycles. The molecule has 1 aromatic rings. The van der Waals surface area contributed by atoms with Gasteiger partial charge < -0.3 is 15.8 Å². The van der Waals surface area contributed by atoms with Gasteiger partial charge in [-0.25, -0.2) is 9.18 Å².